The molecule has 0 saturated carbocycles. The van der Waals surface area contributed by atoms with Crippen LogP contribution in [0.3, 0.4) is 0 Å². The van der Waals surface area contributed by atoms with Gasteiger partial charge in [0.05, 0.1) is 22.9 Å². The standard InChI is InChI=1S/C18H19N5O3.2C2H6/c1-12(21-22-9-8-20-18(24)13(22)2)14-6-7-19-17(11-14)15-4-3-5-16(10-15)23(25)26;2*1-2/h3-7,10-11,13H,8-9H2,1-2H3,(H,20,24);2*1-2H3/b21-12+;;. The van der Waals surface area contributed by atoms with E-state index in [-0.39, 0.29) is 17.6 Å². The molecule has 0 aliphatic carbocycles. The molecule has 1 saturated heterocycles. The van der Waals surface area contributed by atoms with Crippen LogP contribution in [0.4, 0.5) is 5.69 Å². The number of nitrogens with one attached hydrogen (secondary N) is 1. The Balaban J connectivity index is 0.00000106. The Labute approximate surface area is 178 Å². The minimum atomic E-state index is -0.428. The quantitative estimate of drug-likeness (QED) is 0.459. The Morgan fingerprint density at radius 2 is 1.93 bits per heavy atom. The number of amides is 1. The maximum atomic E-state index is 11.8. The zero-order valence-corrected chi connectivity index (χ0v) is 18.5. The van der Waals surface area contributed by atoms with Crippen molar-refractivity contribution in [3.05, 3.63) is 58.3 Å². The van der Waals surface area contributed by atoms with Gasteiger partial charge >= 0.3 is 0 Å². The summed E-state index contributed by atoms with van der Waals surface area (Å²) >= 11 is 0. The van der Waals surface area contributed by atoms with Crippen molar-refractivity contribution in [2.75, 3.05) is 13.1 Å². The van der Waals surface area contributed by atoms with Crippen molar-refractivity contribution in [2.24, 2.45) is 5.10 Å². The third kappa shape index (κ3) is 6.37. The summed E-state index contributed by atoms with van der Waals surface area (Å²) in [5.74, 6) is -0.0418. The van der Waals surface area contributed by atoms with Crippen LogP contribution in [0.25, 0.3) is 11.3 Å². The molecule has 2 heterocycles. The van der Waals surface area contributed by atoms with E-state index in [1.165, 1.54) is 12.1 Å². The van der Waals surface area contributed by atoms with Crippen LogP contribution in [0.5, 0.6) is 0 Å². The number of hydrogen-bond donors (Lipinski definition) is 1. The third-order valence-corrected chi connectivity index (χ3v) is 4.28. The average Bonchev–Trinajstić information content (AvgIpc) is 2.79. The minimum Gasteiger partial charge on any atom is -0.352 e. The smallest absolute Gasteiger partial charge is 0.270 e. The lowest BCUT2D eigenvalue weighted by molar-refractivity contribution is -0.384. The Morgan fingerprint density at radius 3 is 2.60 bits per heavy atom. The van der Waals surface area contributed by atoms with Gasteiger partial charge < -0.3 is 5.32 Å². The number of benzene rings is 1. The summed E-state index contributed by atoms with van der Waals surface area (Å²) in [6.07, 6.45) is 1.65. The van der Waals surface area contributed by atoms with Crippen LogP contribution in [0.2, 0.25) is 0 Å². The Bertz CT molecular complexity index is 883. The van der Waals surface area contributed by atoms with Crippen LogP contribution < -0.4 is 5.32 Å². The molecular weight excluding hydrogens is 382 g/mol. The molecule has 1 atom stereocenters. The molecule has 1 unspecified atom stereocenters. The van der Waals surface area contributed by atoms with E-state index in [0.29, 0.717) is 24.3 Å². The molecule has 0 bridgehead atoms. The van der Waals surface area contributed by atoms with Crippen molar-refractivity contribution in [3.8, 4) is 11.3 Å². The van der Waals surface area contributed by atoms with Gasteiger partial charge in [0.2, 0.25) is 5.91 Å². The lowest BCUT2D eigenvalue weighted by Crippen LogP contribution is -2.51. The average molecular weight is 414 g/mol. The fourth-order valence-electron chi connectivity index (χ4n) is 2.75. The van der Waals surface area contributed by atoms with E-state index in [0.717, 1.165) is 11.3 Å². The molecule has 0 radical (unpaired) electrons. The van der Waals surface area contributed by atoms with E-state index in [1.54, 1.807) is 23.3 Å². The number of nitro groups is 1. The van der Waals surface area contributed by atoms with Crippen LogP contribution in [0.1, 0.15) is 47.1 Å². The Morgan fingerprint density at radius 1 is 1.23 bits per heavy atom. The largest absolute Gasteiger partial charge is 0.352 e. The van der Waals surface area contributed by atoms with E-state index in [4.69, 9.17) is 0 Å². The third-order valence-electron chi connectivity index (χ3n) is 4.28. The first kappa shape index (κ1) is 24.7. The second-order valence-corrected chi connectivity index (χ2v) is 6.05. The number of piperazine rings is 1. The summed E-state index contributed by atoms with van der Waals surface area (Å²) in [6.45, 7) is 12.9. The molecule has 162 valence electrons. The van der Waals surface area contributed by atoms with Gasteiger partial charge in [0.25, 0.3) is 5.69 Å². The van der Waals surface area contributed by atoms with Crippen LogP contribution in [-0.4, -0.2) is 45.7 Å². The van der Waals surface area contributed by atoms with Gasteiger partial charge in [0.1, 0.15) is 6.04 Å². The fraction of sp³-hybridized carbons (Fsp3) is 0.409. The molecule has 1 aromatic carbocycles. The van der Waals surface area contributed by atoms with Crippen LogP contribution in [0.15, 0.2) is 47.7 Å². The zero-order chi connectivity index (χ0) is 22.7. The topological polar surface area (TPSA) is 101 Å². The zero-order valence-electron chi connectivity index (χ0n) is 18.5. The van der Waals surface area contributed by atoms with E-state index in [9.17, 15) is 14.9 Å². The monoisotopic (exact) mass is 413 g/mol. The second-order valence-electron chi connectivity index (χ2n) is 6.05. The summed E-state index contributed by atoms with van der Waals surface area (Å²) in [5.41, 5.74) is 2.92. The molecule has 3 rings (SSSR count). The molecule has 1 aliphatic heterocycles. The molecule has 1 aromatic heterocycles. The number of hydrazone groups is 1. The maximum absolute atomic E-state index is 11.8. The lowest BCUT2D eigenvalue weighted by atomic mass is 10.1. The number of aromatic nitrogens is 1. The molecule has 2 aromatic rings. The van der Waals surface area contributed by atoms with Crippen LogP contribution in [-0.2, 0) is 4.79 Å². The second kappa shape index (κ2) is 12.3. The molecule has 30 heavy (non-hydrogen) atoms. The Hall–Kier alpha value is -3.29. The summed E-state index contributed by atoms with van der Waals surface area (Å²) in [6, 6.07) is 9.70. The van der Waals surface area contributed by atoms with Crippen molar-refractivity contribution in [1.82, 2.24) is 15.3 Å². The van der Waals surface area contributed by atoms with Gasteiger partial charge in [0.15, 0.2) is 0 Å². The van der Waals surface area contributed by atoms with E-state index in [2.05, 4.69) is 15.4 Å². The SMILES string of the molecule is C/C(=N\N1CCNC(=O)C1C)c1ccnc(-c2cccc([N+](=O)[O-])c2)c1.CC.CC. The first-order valence-corrected chi connectivity index (χ1v) is 10.3. The van der Waals surface area contributed by atoms with Gasteiger partial charge in [-0.1, -0.05) is 39.8 Å². The van der Waals surface area contributed by atoms with E-state index in [1.807, 2.05) is 53.7 Å². The van der Waals surface area contributed by atoms with Crippen molar-refractivity contribution >= 4 is 17.3 Å². The molecular formula is C22H31N5O3. The molecule has 8 nitrogen and oxygen atoms in total. The highest BCUT2D eigenvalue weighted by molar-refractivity contribution is 5.99. The van der Waals surface area contributed by atoms with Gasteiger partial charge in [-0.15, -0.1) is 0 Å². The van der Waals surface area contributed by atoms with Gasteiger partial charge in [-0.2, -0.15) is 5.10 Å². The van der Waals surface area contributed by atoms with Gasteiger partial charge in [-0.05, 0) is 26.0 Å². The summed E-state index contributed by atoms with van der Waals surface area (Å²) in [5, 5.41) is 20.1. The van der Waals surface area contributed by atoms with Crippen LogP contribution in [0, 0.1) is 10.1 Å². The number of nitrogens with zero attached hydrogens (tertiary/aromatic N) is 4. The number of pyridine rings is 1. The van der Waals surface area contributed by atoms with Crippen molar-refractivity contribution < 1.29 is 9.72 Å². The lowest BCUT2D eigenvalue weighted by Gasteiger charge is -2.30. The fourth-order valence-corrected chi connectivity index (χ4v) is 2.75. The highest BCUT2D eigenvalue weighted by Crippen LogP contribution is 2.23. The van der Waals surface area contributed by atoms with Crippen molar-refractivity contribution in [3.63, 3.8) is 0 Å². The minimum absolute atomic E-state index is 0.0215. The predicted octanol–water partition coefficient (Wildman–Crippen LogP) is 4.25. The molecule has 8 heteroatoms. The molecule has 1 aliphatic rings. The summed E-state index contributed by atoms with van der Waals surface area (Å²) in [7, 11) is 0. The normalized spacial score (nSPS) is 15.8. The van der Waals surface area contributed by atoms with Gasteiger partial charge in [-0.25, -0.2) is 0 Å². The van der Waals surface area contributed by atoms with Gasteiger partial charge in [-0.3, -0.25) is 24.9 Å². The van der Waals surface area contributed by atoms with Crippen LogP contribution >= 0.6 is 0 Å². The molecule has 1 N–H and O–H groups in total. The number of carbonyl (C=O) groups excluding carboxylic acids is 1. The van der Waals surface area contributed by atoms with Crippen molar-refractivity contribution in [1.29, 1.82) is 0 Å². The predicted molar refractivity (Wildman–Crippen MR) is 120 cm³/mol. The highest BCUT2D eigenvalue weighted by Gasteiger charge is 2.24. The number of nitro benzene ring substituents is 1. The van der Waals surface area contributed by atoms with Crippen molar-refractivity contribution in [2.45, 2.75) is 47.6 Å². The first-order valence-electron chi connectivity index (χ1n) is 10.3. The maximum Gasteiger partial charge on any atom is 0.270 e. The number of rotatable bonds is 4. The Kier molecular flexibility index (Phi) is 10.2. The van der Waals surface area contributed by atoms with Gasteiger partial charge in [0, 0.05) is 36.0 Å². The number of carbonyl (C=O) groups is 1. The summed E-state index contributed by atoms with van der Waals surface area (Å²) in [4.78, 5) is 26.6. The van der Waals surface area contributed by atoms with E-state index < -0.39 is 4.92 Å². The first-order chi connectivity index (χ1) is 14.5. The molecule has 0 spiro atoms. The van der Waals surface area contributed by atoms with E-state index >= 15 is 0 Å². The molecule has 1 amide bonds. The number of non-ortho nitro benzene ring substituents is 1. The number of hydrogen-bond acceptors (Lipinski definition) is 6. The molecule has 1 fully saturated rings. The summed E-state index contributed by atoms with van der Waals surface area (Å²) < 4.78 is 0. The highest BCUT2D eigenvalue weighted by atomic mass is 16.6.